The average molecular weight is 344 g/mol. The monoisotopic (exact) mass is 344 g/mol. The van der Waals surface area contributed by atoms with Crippen molar-refractivity contribution in [1.82, 2.24) is 9.88 Å². The van der Waals surface area contributed by atoms with Crippen LogP contribution < -0.4 is 0 Å². The molecule has 4 nitrogen and oxygen atoms in total. The van der Waals surface area contributed by atoms with Crippen LogP contribution in [0.4, 0.5) is 0 Å². The van der Waals surface area contributed by atoms with Crippen LogP contribution in [0.3, 0.4) is 0 Å². The minimum Gasteiger partial charge on any atom is -0.374 e. The molecule has 0 N–H and O–H groups in total. The Morgan fingerprint density at radius 1 is 1.25 bits per heavy atom. The number of likely N-dealkylation sites (tertiary alicyclic amines) is 1. The Kier molecular flexibility index (Phi) is 5.23. The molecule has 2 aromatic rings. The zero-order valence-corrected chi connectivity index (χ0v) is 14.7. The Bertz CT molecular complexity index is 620. The molecule has 2 aliphatic rings. The van der Waals surface area contributed by atoms with Crippen molar-refractivity contribution in [3.05, 3.63) is 52.5 Å². The number of thiophene rings is 1. The highest BCUT2D eigenvalue weighted by Crippen LogP contribution is 2.32. The van der Waals surface area contributed by atoms with Crippen molar-refractivity contribution in [1.29, 1.82) is 0 Å². The normalized spacial score (nSPS) is 27.2. The molecular weight excluding hydrogens is 320 g/mol. The van der Waals surface area contributed by atoms with Crippen LogP contribution >= 0.6 is 11.3 Å². The zero-order chi connectivity index (χ0) is 16.2. The lowest BCUT2D eigenvalue weighted by molar-refractivity contribution is -0.102. The highest BCUT2D eigenvalue weighted by molar-refractivity contribution is 7.07. The molecule has 2 aromatic heterocycles. The second kappa shape index (κ2) is 7.74. The summed E-state index contributed by atoms with van der Waals surface area (Å²) in [4.78, 5) is 6.71. The number of hydrogen-bond donors (Lipinski definition) is 0. The van der Waals surface area contributed by atoms with E-state index in [1.165, 1.54) is 12.0 Å². The molecule has 0 aliphatic carbocycles. The molecule has 4 heterocycles. The molecular formula is C19H24N2O2S. The van der Waals surface area contributed by atoms with E-state index >= 15 is 0 Å². The van der Waals surface area contributed by atoms with Crippen molar-refractivity contribution >= 4 is 11.3 Å². The number of rotatable bonds is 6. The highest BCUT2D eigenvalue weighted by atomic mass is 32.1. The van der Waals surface area contributed by atoms with Gasteiger partial charge in [0.05, 0.1) is 25.4 Å². The second-order valence-corrected chi connectivity index (χ2v) is 7.49. The van der Waals surface area contributed by atoms with Gasteiger partial charge in [-0.3, -0.25) is 9.88 Å². The fourth-order valence-electron chi connectivity index (χ4n) is 3.81. The number of pyridine rings is 1. The summed E-state index contributed by atoms with van der Waals surface area (Å²) in [6, 6.07) is 6.81. The molecule has 4 rings (SSSR count). The zero-order valence-electron chi connectivity index (χ0n) is 13.8. The first kappa shape index (κ1) is 16.2. The van der Waals surface area contributed by atoms with Crippen molar-refractivity contribution in [2.75, 3.05) is 13.2 Å². The molecule has 2 saturated heterocycles. The van der Waals surface area contributed by atoms with E-state index in [1.54, 1.807) is 17.5 Å². The number of ether oxygens (including phenoxy) is 2. The van der Waals surface area contributed by atoms with E-state index in [0.717, 1.165) is 31.5 Å². The van der Waals surface area contributed by atoms with Gasteiger partial charge in [0.1, 0.15) is 0 Å². The smallest absolute Gasteiger partial charge is 0.0813 e. The van der Waals surface area contributed by atoms with Gasteiger partial charge in [0.25, 0.3) is 0 Å². The van der Waals surface area contributed by atoms with E-state index in [2.05, 4.69) is 26.7 Å². The fraction of sp³-hybridized carbons (Fsp3) is 0.526. The molecule has 0 saturated carbocycles. The molecule has 2 fully saturated rings. The van der Waals surface area contributed by atoms with Gasteiger partial charge in [-0.1, -0.05) is 6.07 Å². The Morgan fingerprint density at radius 2 is 2.25 bits per heavy atom. The van der Waals surface area contributed by atoms with Crippen LogP contribution in [0.1, 0.15) is 30.4 Å². The molecule has 0 unspecified atom stereocenters. The van der Waals surface area contributed by atoms with Gasteiger partial charge >= 0.3 is 0 Å². The summed E-state index contributed by atoms with van der Waals surface area (Å²) in [7, 11) is 0. The van der Waals surface area contributed by atoms with Crippen LogP contribution in [0.5, 0.6) is 0 Å². The number of aromatic nitrogens is 1. The van der Waals surface area contributed by atoms with Crippen LogP contribution in [0.15, 0.2) is 41.4 Å². The van der Waals surface area contributed by atoms with E-state index in [1.807, 2.05) is 18.3 Å². The van der Waals surface area contributed by atoms with E-state index in [9.17, 15) is 0 Å². The van der Waals surface area contributed by atoms with E-state index in [0.29, 0.717) is 25.4 Å². The van der Waals surface area contributed by atoms with Gasteiger partial charge in [0.2, 0.25) is 0 Å². The van der Waals surface area contributed by atoms with Crippen molar-refractivity contribution < 1.29 is 9.47 Å². The maximum absolute atomic E-state index is 6.32. The van der Waals surface area contributed by atoms with Crippen molar-refractivity contribution in [3.8, 4) is 0 Å². The van der Waals surface area contributed by atoms with E-state index in [4.69, 9.17) is 9.47 Å². The van der Waals surface area contributed by atoms with Crippen LogP contribution in [0, 0.1) is 0 Å². The third-order valence-electron chi connectivity index (χ3n) is 5.01. The summed E-state index contributed by atoms with van der Waals surface area (Å²) in [6.07, 6.45) is 7.72. The van der Waals surface area contributed by atoms with E-state index in [-0.39, 0.29) is 6.10 Å². The minimum absolute atomic E-state index is 0.240. The van der Waals surface area contributed by atoms with Gasteiger partial charge in [-0.15, -0.1) is 0 Å². The Balaban J connectivity index is 1.23. The van der Waals surface area contributed by atoms with Crippen LogP contribution in [0.2, 0.25) is 0 Å². The lowest BCUT2D eigenvalue weighted by Gasteiger charge is -2.36. The third kappa shape index (κ3) is 3.86. The first-order valence-electron chi connectivity index (χ1n) is 8.76. The van der Waals surface area contributed by atoms with Gasteiger partial charge in [-0.25, -0.2) is 0 Å². The molecule has 2 aliphatic heterocycles. The predicted octanol–water partition coefficient (Wildman–Crippen LogP) is 3.48. The topological polar surface area (TPSA) is 34.6 Å². The Labute approximate surface area is 147 Å². The van der Waals surface area contributed by atoms with Gasteiger partial charge in [-0.2, -0.15) is 11.3 Å². The predicted molar refractivity (Wildman–Crippen MR) is 94.9 cm³/mol. The molecule has 0 bridgehead atoms. The van der Waals surface area contributed by atoms with Gasteiger partial charge in [0.15, 0.2) is 0 Å². The summed E-state index contributed by atoms with van der Waals surface area (Å²) in [5.74, 6) is 0. The van der Waals surface area contributed by atoms with Crippen LogP contribution in [-0.2, 0) is 22.6 Å². The van der Waals surface area contributed by atoms with Crippen LogP contribution in [0.25, 0.3) is 0 Å². The number of hydrogen-bond acceptors (Lipinski definition) is 5. The standard InChI is InChI=1S/C19H24N2O2S/c1-2-15(10-20-7-1)12-22-13-17-3-4-18-19(23-17)5-8-21(18)11-16-6-9-24-14-16/h1-2,6-7,9-10,14,17-19H,3-5,8,11-13H2/t17-,18+,19+/m0/s1. The Morgan fingerprint density at radius 3 is 3.08 bits per heavy atom. The quantitative estimate of drug-likeness (QED) is 0.803. The lowest BCUT2D eigenvalue weighted by atomic mass is 9.99. The lowest BCUT2D eigenvalue weighted by Crippen LogP contribution is -2.43. The first-order valence-corrected chi connectivity index (χ1v) is 9.70. The maximum Gasteiger partial charge on any atom is 0.0813 e. The third-order valence-corrected chi connectivity index (χ3v) is 5.74. The molecule has 24 heavy (non-hydrogen) atoms. The van der Waals surface area contributed by atoms with Crippen molar-refractivity contribution in [2.45, 2.75) is 50.7 Å². The van der Waals surface area contributed by atoms with Crippen molar-refractivity contribution in [2.24, 2.45) is 0 Å². The molecule has 128 valence electrons. The SMILES string of the molecule is c1cncc(COC[C@@H]2CC[C@@H]3[C@@H](CCN3Cc3ccsc3)O2)c1. The second-order valence-electron chi connectivity index (χ2n) is 6.71. The summed E-state index contributed by atoms with van der Waals surface area (Å²) in [5, 5.41) is 4.42. The molecule has 5 heteroatoms. The summed E-state index contributed by atoms with van der Waals surface area (Å²) in [5.41, 5.74) is 2.55. The molecule has 0 amide bonds. The largest absolute Gasteiger partial charge is 0.374 e. The fourth-order valence-corrected chi connectivity index (χ4v) is 4.47. The molecule has 0 spiro atoms. The number of nitrogens with zero attached hydrogens (tertiary/aromatic N) is 2. The van der Waals surface area contributed by atoms with Gasteiger partial charge in [0, 0.05) is 31.5 Å². The van der Waals surface area contributed by atoms with Crippen LogP contribution in [-0.4, -0.2) is 41.3 Å². The molecule has 0 radical (unpaired) electrons. The van der Waals surface area contributed by atoms with Gasteiger partial charge < -0.3 is 9.47 Å². The summed E-state index contributed by atoms with van der Waals surface area (Å²) >= 11 is 1.78. The Hall–Kier alpha value is -1.27. The summed E-state index contributed by atoms with van der Waals surface area (Å²) in [6.45, 7) is 3.51. The average Bonchev–Trinajstić information content (AvgIpc) is 3.26. The minimum atomic E-state index is 0.240. The highest BCUT2D eigenvalue weighted by Gasteiger charge is 2.39. The molecule has 3 atom stereocenters. The van der Waals surface area contributed by atoms with Crippen molar-refractivity contribution in [3.63, 3.8) is 0 Å². The number of fused-ring (bicyclic) bond motifs is 1. The molecule has 0 aromatic carbocycles. The van der Waals surface area contributed by atoms with E-state index < -0.39 is 0 Å². The van der Waals surface area contributed by atoms with Gasteiger partial charge in [-0.05, 0) is 53.3 Å². The summed E-state index contributed by atoms with van der Waals surface area (Å²) < 4.78 is 12.2. The maximum atomic E-state index is 6.32. The first-order chi connectivity index (χ1) is 11.9.